The van der Waals surface area contributed by atoms with Crippen LogP contribution < -0.4 is 14.8 Å². The Bertz CT molecular complexity index is 427. The van der Waals surface area contributed by atoms with Crippen molar-refractivity contribution < 1.29 is 9.47 Å². The van der Waals surface area contributed by atoms with Gasteiger partial charge in [0.05, 0.1) is 14.2 Å². The third kappa shape index (κ3) is 4.13. The van der Waals surface area contributed by atoms with Gasteiger partial charge in [-0.2, -0.15) is 0 Å². The lowest BCUT2D eigenvalue weighted by Gasteiger charge is -2.30. The minimum absolute atomic E-state index is 0.612. The Morgan fingerprint density at radius 1 is 1.14 bits per heavy atom. The molecular weight excluding hydrogens is 262 g/mol. The lowest BCUT2D eigenvalue weighted by atomic mass is 9.83. The van der Waals surface area contributed by atoms with Crippen LogP contribution in [0, 0.1) is 5.92 Å². The Hall–Kier alpha value is -1.22. The minimum atomic E-state index is 0.612. The average Bonchev–Trinajstić information content (AvgIpc) is 2.56. The van der Waals surface area contributed by atoms with Crippen LogP contribution in [0.5, 0.6) is 11.5 Å². The third-order valence-corrected chi connectivity index (χ3v) is 4.70. The summed E-state index contributed by atoms with van der Waals surface area (Å²) in [6, 6.07) is 6.70. The molecule has 0 radical (unpaired) electrons. The van der Waals surface area contributed by atoms with E-state index in [9.17, 15) is 0 Å². The van der Waals surface area contributed by atoms with Crippen LogP contribution in [0.1, 0.15) is 51.0 Å². The molecule has 1 N–H and O–H groups in total. The second-order valence-corrected chi connectivity index (χ2v) is 5.95. The third-order valence-electron chi connectivity index (χ3n) is 4.70. The van der Waals surface area contributed by atoms with E-state index in [-0.39, 0.29) is 0 Å². The highest BCUT2D eigenvalue weighted by atomic mass is 16.5. The zero-order valence-electron chi connectivity index (χ0n) is 13.7. The second-order valence-electron chi connectivity index (χ2n) is 5.95. The maximum Gasteiger partial charge on any atom is 0.165 e. The molecule has 118 valence electrons. The van der Waals surface area contributed by atoms with E-state index >= 15 is 0 Å². The number of rotatable bonds is 7. The van der Waals surface area contributed by atoms with Crippen LogP contribution in [0.4, 0.5) is 0 Å². The van der Waals surface area contributed by atoms with E-state index < -0.39 is 0 Å². The summed E-state index contributed by atoms with van der Waals surface area (Å²) in [5.74, 6) is 2.49. The van der Waals surface area contributed by atoms with E-state index in [1.165, 1.54) is 44.1 Å². The standard InChI is InChI=1S/C18H29NO2/c1-4-16(14-9-6-5-7-10-14)19-13-15-11-8-12-17(20-2)18(15)21-3/h8,11-12,14,16,19H,4-7,9-10,13H2,1-3H3. The van der Waals surface area contributed by atoms with Crippen molar-refractivity contribution in [1.29, 1.82) is 0 Å². The van der Waals surface area contributed by atoms with Gasteiger partial charge in [-0.05, 0) is 31.2 Å². The first-order valence-corrected chi connectivity index (χ1v) is 8.23. The number of hydrogen-bond acceptors (Lipinski definition) is 3. The molecule has 1 saturated carbocycles. The largest absolute Gasteiger partial charge is 0.493 e. The summed E-state index contributed by atoms with van der Waals surface area (Å²) >= 11 is 0. The van der Waals surface area contributed by atoms with Crippen LogP contribution in [0.15, 0.2) is 18.2 Å². The first-order valence-electron chi connectivity index (χ1n) is 8.23. The van der Waals surface area contributed by atoms with Gasteiger partial charge in [-0.3, -0.25) is 0 Å². The highest BCUT2D eigenvalue weighted by Crippen LogP contribution is 2.32. The highest BCUT2D eigenvalue weighted by Gasteiger charge is 2.22. The molecule has 21 heavy (non-hydrogen) atoms. The van der Waals surface area contributed by atoms with Gasteiger partial charge < -0.3 is 14.8 Å². The van der Waals surface area contributed by atoms with Gasteiger partial charge >= 0.3 is 0 Å². The molecule has 0 bridgehead atoms. The van der Waals surface area contributed by atoms with Crippen molar-refractivity contribution in [1.82, 2.24) is 5.32 Å². The lowest BCUT2D eigenvalue weighted by Crippen LogP contribution is -2.36. The first kappa shape index (κ1) is 16.2. The number of nitrogens with one attached hydrogen (secondary N) is 1. The fraction of sp³-hybridized carbons (Fsp3) is 0.667. The van der Waals surface area contributed by atoms with Gasteiger partial charge in [-0.25, -0.2) is 0 Å². The predicted molar refractivity (Wildman–Crippen MR) is 87.0 cm³/mol. The van der Waals surface area contributed by atoms with E-state index in [1.807, 2.05) is 12.1 Å². The number of ether oxygens (including phenoxy) is 2. The highest BCUT2D eigenvalue weighted by molar-refractivity contribution is 5.46. The molecule has 0 spiro atoms. The summed E-state index contributed by atoms with van der Waals surface area (Å²) in [4.78, 5) is 0. The van der Waals surface area contributed by atoms with Gasteiger partial charge in [0.1, 0.15) is 0 Å². The quantitative estimate of drug-likeness (QED) is 0.818. The molecule has 3 nitrogen and oxygen atoms in total. The van der Waals surface area contributed by atoms with Crippen molar-refractivity contribution in [2.75, 3.05) is 14.2 Å². The average molecular weight is 291 g/mol. The molecule has 1 aromatic carbocycles. The molecule has 2 rings (SSSR count). The zero-order chi connectivity index (χ0) is 15.1. The van der Waals surface area contributed by atoms with Crippen molar-refractivity contribution in [2.24, 2.45) is 5.92 Å². The molecule has 1 unspecified atom stereocenters. The van der Waals surface area contributed by atoms with Gasteiger partial charge in [0, 0.05) is 18.2 Å². The Balaban J connectivity index is 2.00. The Labute approximate surface area is 129 Å². The topological polar surface area (TPSA) is 30.5 Å². The van der Waals surface area contributed by atoms with Crippen molar-refractivity contribution >= 4 is 0 Å². The minimum Gasteiger partial charge on any atom is -0.493 e. The van der Waals surface area contributed by atoms with E-state index in [4.69, 9.17) is 9.47 Å². The molecule has 0 aliphatic heterocycles. The SMILES string of the molecule is CCC(NCc1cccc(OC)c1OC)C1CCCCC1. The normalized spacial score (nSPS) is 17.5. The van der Waals surface area contributed by atoms with Crippen molar-refractivity contribution in [3.8, 4) is 11.5 Å². The molecule has 0 heterocycles. The van der Waals surface area contributed by atoms with E-state index in [0.717, 1.165) is 24.0 Å². The van der Waals surface area contributed by atoms with Gasteiger partial charge in [-0.15, -0.1) is 0 Å². The van der Waals surface area contributed by atoms with E-state index in [1.54, 1.807) is 14.2 Å². The molecule has 0 aromatic heterocycles. The van der Waals surface area contributed by atoms with Gasteiger partial charge in [0.15, 0.2) is 11.5 Å². The number of methoxy groups -OCH3 is 2. The van der Waals surface area contributed by atoms with Gasteiger partial charge in [0.2, 0.25) is 0 Å². The van der Waals surface area contributed by atoms with E-state index in [2.05, 4.69) is 18.3 Å². The summed E-state index contributed by atoms with van der Waals surface area (Å²) in [5, 5.41) is 3.75. The number of hydrogen-bond donors (Lipinski definition) is 1. The molecule has 1 atom stereocenters. The van der Waals surface area contributed by atoms with Crippen LogP contribution in [0.2, 0.25) is 0 Å². The smallest absolute Gasteiger partial charge is 0.165 e. The zero-order valence-corrected chi connectivity index (χ0v) is 13.7. The van der Waals surface area contributed by atoms with E-state index in [0.29, 0.717) is 6.04 Å². The van der Waals surface area contributed by atoms with Crippen LogP contribution >= 0.6 is 0 Å². The van der Waals surface area contributed by atoms with Gasteiger partial charge in [-0.1, -0.05) is 38.3 Å². The lowest BCUT2D eigenvalue weighted by molar-refractivity contribution is 0.260. The van der Waals surface area contributed by atoms with Crippen molar-refractivity contribution in [3.63, 3.8) is 0 Å². The molecule has 0 amide bonds. The molecule has 1 aliphatic rings. The van der Waals surface area contributed by atoms with Crippen LogP contribution in [0.3, 0.4) is 0 Å². The summed E-state index contributed by atoms with van der Waals surface area (Å²) in [6.45, 7) is 3.13. The van der Waals surface area contributed by atoms with Crippen LogP contribution in [0.25, 0.3) is 0 Å². The van der Waals surface area contributed by atoms with Crippen LogP contribution in [-0.2, 0) is 6.54 Å². The molecular formula is C18H29NO2. The molecule has 1 aliphatic carbocycles. The number of benzene rings is 1. The summed E-state index contributed by atoms with van der Waals surface area (Å²) in [6.07, 6.45) is 8.14. The number of para-hydroxylation sites is 1. The summed E-state index contributed by atoms with van der Waals surface area (Å²) in [5.41, 5.74) is 1.17. The summed E-state index contributed by atoms with van der Waals surface area (Å²) in [7, 11) is 3.39. The Morgan fingerprint density at radius 2 is 1.90 bits per heavy atom. The summed E-state index contributed by atoms with van der Waals surface area (Å²) < 4.78 is 10.9. The molecule has 0 saturated heterocycles. The second kappa shape index (κ2) is 8.28. The Kier molecular flexibility index (Phi) is 6.37. The fourth-order valence-corrected chi connectivity index (χ4v) is 3.51. The maximum absolute atomic E-state index is 5.51. The maximum atomic E-state index is 5.51. The Morgan fingerprint density at radius 3 is 2.52 bits per heavy atom. The van der Waals surface area contributed by atoms with Crippen molar-refractivity contribution in [3.05, 3.63) is 23.8 Å². The first-order chi connectivity index (χ1) is 10.3. The van der Waals surface area contributed by atoms with Crippen LogP contribution in [-0.4, -0.2) is 20.3 Å². The fourth-order valence-electron chi connectivity index (χ4n) is 3.51. The van der Waals surface area contributed by atoms with Crippen molar-refractivity contribution in [2.45, 2.75) is 58.0 Å². The molecule has 1 aromatic rings. The molecule has 3 heteroatoms. The molecule has 1 fully saturated rings. The predicted octanol–water partition coefficient (Wildman–Crippen LogP) is 4.15. The van der Waals surface area contributed by atoms with Gasteiger partial charge in [0.25, 0.3) is 0 Å². The monoisotopic (exact) mass is 291 g/mol.